The van der Waals surface area contributed by atoms with Crippen LogP contribution in [-0.4, -0.2) is 38.0 Å². The van der Waals surface area contributed by atoms with Gasteiger partial charge in [0.15, 0.2) is 16.4 Å². The molecule has 2 aromatic carbocycles. The van der Waals surface area contributed by atoms with Crippen molar-refractivity contribution < 1.29 is 17.9 Å². The molecule has 132 valence electrons. The maximum absolute atomic E-state index is 12.0. The molecule has 1 atom stereocenters. The van der Waals surface area contributed by atoms with Gasteiger partial charge in [-0.05, 0) is 36.6 Å². The highest BCUT2D eigenvalue weighted by Gasteiger charge is 2.39. The average Bonchev–Trinajstić information content (AvgIpc) is 2.87. The summed E-state index contributed by atoms with van der Waals surface area (Å²) in [6, 6.07) is 17.5. The number of benzene rings is 2. The number of carbonyl (C=O) groups is 1. The maximum atomic E-state index is 12.0. The minimum atomic E-state index is -3.05. The molecule has 6 heteroatoms. The standard InChI is InChI=1S/C19H21NO4S/c1-19(11-12-25(22,23)14-19)20-18(21)13-24-17-9-7-16(8-10-17)15-5-3-2-4-6-15/h2-10H,11-14H2,1H3,(H,20,21)/t19-/m1/s1. The van der Waals surface area contributed by atoms with E-state index >= 15 is 0 Å². The van der Waals surface area contributed by atoms with E-state index in [9.17, 15) is 13.2 Å². The summed E-state index contributed by atoms with van der Waals surface area (Å²) in [5.41, 5.74) is 1.49. The molecular weight excluding hydrogens is 338 g/mol. The first kappa shape index (κ1) is 17.5. The third kappa shape index (κ3) is 4.60. The molecule has 0 unspecified atom stereocenters. The van der Waals surface area contributed by atoms with Crippen molar-refractivity contribution in [2.24, 2.45) is 0 Å². The van der Waals surface area contributed by atoms with Crippen molar-refractivity contribution in [3.63, 3.8) is 0 Å². The molecule has 0 radical (unpaired) electrons. The van der Waals surface area contributed by atoms with Crippen LogP contribution in [0.15, 0.2) is 54.6 Å². The van der Waals surface area contributed by atoms with Crippen LogP contribution >= 0.6 is 0 Å². The van der Waals surface area contributed by atoms with Gasteiger partial charge in [-0.15, -0.1) is 0 Å². The second-order valence-corrected chi connectivity index (χ2v) is 8.81. The normalized spacial score (nSPS) is 21.6. The summed E-state index contributed by atoms with van der Waals surface area (Å²) in [6.07, 6.45) is 0.437. The Morgan fingerprint density at radius 1 is 1.08 bits per heavy atom. The first-order chi connectivity index (χ1) is 11.9. The smallest absolute Gasteiger partial charge is 0.258 e. The van der Waals surface area contributed by atoms with Gasteiger partial charge < -0.3 is 10.1 Å². The highest BCUT2D eigenvalue weighted by molar-refractivity contribution is 7.91. The first-order valence-electron chi connectivity index (χ1n) is 8.15. The molecule has 1 aliphatic rings. The Bertz CT molecular complexity index is 847. The van der Waals surface area contributed by atoms with Crippen LogP contribution in [0.4, 0.5) is 0 Å². The summed E-state index contributed by atoms with van der Waals surface area (Å²) >= 11 is 0. The lowest BCUT2D eigenvalue weighted by molar-refractivity contribution is -0.124. The van der Waals surface area contributed by atoms with Crippen molar-refractivity contribution in [1.82, 2.24) is 5.32 Å². The molecule has 0 spiro atoms. The molecule has 0 bridgehead atoms. The van der Waals surface area contributed by atoms with Gasteiger partial charge in [0.25, 0.3) is 5.91 Å². The summed E-state index contributed by atoms with van der Waals surface area (Å²) in [4.78, 5) is 12.0. The van der Waals surface area contributed by atoms with E-state index < -0.39 is 15.4 Å². The Morgan fingerprint density at radius 3 is 2.32 bits per heavy atom. The molecule has 25 heavy (non-hydrogen) atoms. The summed E-state index contributed by atoms with van der Waals surface area (Å²) in [5, 5.41) is 2.78. The molecule has 1 fully saturated rings. The topological polar surface area (TPSA) is 72.5 Å². The van der Waals surface area contributed by atoms with Crippen molar-refractivity contribution in [3.8, 4) is 16.9 Å². The Labute approximate surface area is 147 Å². The summed E-state index contributed by atoms with van der Waals surface area (Å²) in [5.74, 6) is 0.383. The maximum Gasteiger partial charge on any atom is 0.258 e. The number of nitrogens with one attached hydrogen (secondary N) is 1. The van der Waals surface area contributed by atoms with Gasteiger partial charge in [0.2, 0.25) is 0 Å². The Hall–Kier alpha value is -2.34. The zero-order valence-electron chi connectivity index (χ0n) is 14.1. The molecule has 1 saturated heterocycles. The van der Waals surface area contributed by atoms with E-state index in [1.54, 1.807) is 6.92 Å². The van der Waals surface area contributed by atoms with Crippen LogP contribution in [0.5, 0.6) is 5.75 Å². The Kier molecular flexibility index (Phi) is 4.81. The molecule has 3 rings (SSSR count). The van der Waals surface area contributed by atoms with Crippen LogP contribution in [0.1, 0.15) is 13.3 Å². The van der Waals surface area contributed by atoms with Crippen molar-refractivity contribution in [3.05, 3.63) is 54.6 Å². The molecule has 0 saturated carbocycles. The van der Waals surface area contributed by atoms with Gasteiger partial charge in [-0.25, -0.2) is 8.42 Å². The minimum absolute atomic E-state index is 0.0164. The lowest BCUT2D eigenvalue weighted by Gasteiger charge is -2.23. The predicted octanol–water partition coefficient (Wildman–Crippen LogP) is 2.43. The second-order valence-electron chi connectivity index (χ2n) is 6.63. The average molecular weight is 359 g/mol. The SMILES string of the molecule is C[C@@]1(NC(=O)COc2ccc(-c3ccccc3)cc2)CCS(=O)(=O)C1. The van der Waals surface area contributed by atoms with Crippen LogP contribution in [0.25, 0.3) is 11.1 Å². The van der Waals surface area contributed by atoms with Gasteiger partial charge in [0, 0.05) is 0 Å². The fraction of sp³-hybridized carbons (Fsp3) is 0.316. The van der Waals surface area contributed by atoms with E-state index in [0.29, 0.717) is 12.2 Å². The lowest BCUT2D eigenvalue weighted by atomic mass is 10.0. The van der Waals surface area contributed by atoms with E-state index in [1.165, 1.54) is 0 Å². The zero-order valence-corrected chi connectivity index (χ0v) is 14.9. The van der Waals surface area contributed by atoms with Gasteiger partial charge in [0.1, 0.15) is 5.75 Å². The van der Waals surface area contributed by atoms with Crippen molar-refractivity contribution in [2.45, 2.75) is 18.9 Å². The molecule has 1 amide bonds. The highest BCUT2D eigenvalue weighted by Crippen LogP contribution is 2.23. The molecule has 2 aromatic rings. The molecule has 1 heterocycles. The number of hydrogen-bond acceptors (Lipinski definition) is 4. The summed E-state index contributed by atoms with van der Waals surface area (Å²) in [6.45, 7) is 1.62. The Morgan fingerprint density at radius 2 is 1.72 bits per heavy atom. The third-order valence-corrected chi connectivity index (χ3v) is 6.18. The minimum Gasteiger partial charge on any atom is -0.484 e. The van der Waals surface area contributed by atoms with Gasteiger partial charge in [-0.2, -0.15) is 0 Å². The van der Waals surface area contributed by atoms with E-state index in [2.05, 4.69) is 5.32 Å². The second kappa shape index (κ2) is 6.88. The van der Waals surface area contributed by atoms with Crippen LogP contribution in [-0.2, 0) is 14.6 Å². The molecule has 1 N–H and O–H groups in total. The zero-order chi connectivity index (χ0) is 17.9. The molecule has 1 aliphatic heterocycles. The molecule has 0 aromatic heterocycles. The van der Waals surface area contributed by atoms with Crippen molar-refractivity contribution >= 4 is 15.7 Å². The first-order valence-corrected chi connectivity index (χ1v) is 9.97. The molecular formula is C19H21NO4S. The van der Waals surface area contributed by atoms with Crippen LogP contribution in [0, 0.1) is 0 Å². The third-order valence-electron chi connectivity index (χ3n) is 4.28. The highest BCUT2D eigenvalue weighted by atomic mass is 32.2. The summed E-state index contributed by atoms with van der Waals surface area (Å²) < 4.78 is 28.7. The van der Waals surface area contributed by atoms with Crippen LogP contribution < -0.4 is 10.1 Å². The number of amides is 1. The molecule has 0 aliphatic carbocycles. The number of ether oxygens (including phenoxy) is 1. The van der Waals surface area contributed by atoms with E-state index in [1.807, 2.05) is 54.6 Å². The van der Waals surface area contributed by atoms with E-state index in [-0.39, 0.29) is 24.0 Å². The predicted molar refractivity (Wildman–Crippen MR) is 97.2 cm³/mol. The van der Waals surface area contributed by atoms with E-state index in [4.69, 9.17) is 4.74 Å². The quantitative estimate of drug-likeness (QED) is 0.890. The summed E-state index contributed by atoms with van der Waals surface area (Å²) in [7, 11) is -3.05. The van der Waals surface area contributed by atoms with Gasteiger partial charge in [-0.1, -0.05) is 42.5 Å². The van der Waals surface area contributed by atoms with Gasteiger partial charge in [-0.3, -0.25) is 4.79 Å². The van der Waals surface area contributed by atoms with Crippen molar-refractivity contribution in [1.29, 1.82) is 0 Å². The van der Waals surface area contributed by atoms with E-state index in [0.717, 1.165) is 11.1 Å². The lowest BCUT2D eigenvalue weighted by Crippen LogP contribution is -2.48. The fourth-order valence-electron chi connectivity index (χ4n) is 3.00. The number of carbonyl (C=O) groups excluding carboxylic acids is 1. The van der Waals surface area contributed by atoms with Crippen LogP contribution in [0.3, 0.4) is 0 Å². The van der Waals surface area contributed by atoms with Gasteiger partial charge >= 0.3 is 0 Å². The van der Waals surface area contributed by atoms with Gasteiger partial charge in [0.05, 0.1) is 17.0 Å². The number of rotatable bonds is 5. The number of sulfone groups is 1. The largest absolute Gasteiger partial charge is 0.484 e. The Balaban J connectivity index is 1.54. The fourth-order valence-corrected chi connectivity index (χ4v) is 5.10. The monoisotopic (exact) mass is 359 g/mol. The molecule has 5 nitrogen and oxygen atoms in total. The number of hydrogen-bond donors (Lipinski definition) is 1. The van der Waals surface area contributed by atoms with Crippen LogP contribution in [0.2, 0.25) is 0 Å². The van der Waals surface area contributed by atoms with Crippen molar-refractivity contribution in [2.75, 3.05) is 18.1 Å².